The molecule has 28 heavy (non-hydrogen) atoms. The number of aryl methyl sites for hydroxylation is 1. The van der Waals surface area contributed by atoms with Crippen LogP contribution >= 0.6 is 0 Å². The average molecular weight is 391 g/mol. The van der Waals surface area contributed by atoms with Crippen LogP contribution in [0.3, 0.4) is 0 Å². The Balaban J connectivity index is 1.60. The lowest BCUT2D eigenvalue weighted by atomic mass is 10.1. The Morgan fingerprint density at radius 1 is 0.964 bits per heavy atom. The number of nitrogens with one attached hydrogen (secondary N) is 1. The SMILES string of the molecule is C=CS(=O)(=O)c1ccc(NCc2ccc3c(c2)c2ccccc2n3CC)cc1. The molecule has 0 saturated heterocycles. The van der Waals surface area contributed by atoms with Crippen LogP contribution in [0.4, 0.5) is 5.69 Å². The van der Waals surface area contributed by atoms with Crippen molar-refractivity contribution in [3.63, 3.8) is 0 Å². The Kier molecular flexibility index (Phi) is 4.69. The van der Waals surface area contributed by atoms with Gasteiger partial charge in [0.05, 0.1) is 4.90 Å². The second-order valence-corrected chi connectivity index (χ2v) is 8.60. The number of hydrogen-bond donors (Lipinski definition) is 1. The lowest BCUT2D eigenvalue weighted by Crippen LogP contribution is -2.01. The average Bonchev–Trinajstić information content (AvgIpc) is 3.05. The van der Waals surface area contributed by atoms with Crippen molar-refractivity contribution in [2.75, 3.05) is 5.32 Å². The monoisotopic (exact) mass is 390 g/mol. The van der Waals surface area contributed by atoms with Crippen molar-refractivity contribution in [2.45, 2.75) is 24.9 Å². The molecule has 3 aromatic carbocycles. The van der Waals surface area contributed by atoms with E-state index in [2.05, 4.69) is 65.9 Å². The van der Waals surface area contributed by atoms with E-state index in [1.807, 2.05) is 0 Å². The van der Waals surface area contributed by atoms with Crippen LogP contribution in [0.15, 0.2) is 83.6 Å². The number of fused-ring (bicyclic) bond motifs is 3. The van der Waals surface area contributed by atoms with Crippen LogP contribution in [0.25, 0.3) is 21.8 Å². The van der Waals surface area contributed by atoms with Crippen LogP contribution in [-0.4, -0.2) is 13.0 Å². The van der Waals surface area contributed by atoms with Crippen LogP contribution in [0.5, 0.6) is 0 Å². The number of benzene rings is 3. The number of aromatic nitrogens is 1. The number of sulfone groups is 1. The Bertz CT molecular complexity index is 1270. The smallest absolute Gasteiger partial charge is 0.199 e. The van der Waals surface area contributed by atoms with E-state index >= 15 is 0 Å². The second-order valence-electron chi connectivity index (χ2n) is 6.70. The van der Waals surface area contributed by atoms with Crippen LogP contribution in [-0.2, 0) is 22.9 Å². The molecule has 0 aliphatic heterocycles. The summed E-state index contributed by atoms with van der Waals surface area (Å²) in [6.45, 7) is 7.11. The molecular weight excluding hydrogens is 368 g/mol. The van der Waals surface area contributed by atoms with Gasteiger partial charge in [0.1, 0.15) is 0 Å². The van der Waals surface area contributed by atoms with Gasteiger partial charge >= 0.3 is 0 Å². The largest absolute Gasteiger partial charge is 0.381 e. The van der Waals surface area contributed by atoms with Crippen LogP contribution < -0.4 is 5.32 Å². The van der Waals surface area contributed by atoms with Crippen LogP contribution in [0.1, 0.15) is 12.5 Å². The molecule has 0 fully saturated rings. The van der Waals surface area contributed by atoms with Gasteiger partial charge in [-0.1, -0.05) is 30.8 Å². The maximum Gasteiger partial charge on any atom is 0.199 e. The molecule has 0 saturated carbocycles. The molecule has 4 nitrogen and oxygen atoms in total. The summed E-state index contributed by atoms with van der Waals surface area (Å²) >= 11 is 0. The molecule has 1 heterocycles. The van der Waals surface area contributed by atoms with Gasteiger partial charge in [-0.25, -0.2) is 8.42 Å². The molecule has 142 valence electrons. The van der Waals surface area contributed by atoms with Crippen molar-refractivity contribution in [3.05, 3.63) is 84.3 Å². The summed E-state index contributed by atoms with van der Waals surface area (Å²) in [7, 11) is -3.39. The lowest BCUT2D eigenvalue weighted by Gasteiger charge is -2.08. The normalized spacial score (nSPS) is 11.8. The highest BCUT2D eigenvalue weighted by Crippen LogP contribution is 2.30. The van der Waals surface area contributed by atoms with Gasteiger partial charge in [0.25, 0.3) is 0 Å². The van der Waals surface area contributed by atoms with E-state index in [-0.39, 0.29) is 4.90 Å². The van der Waals surface area contributed by atoms with E-state index in [0.29, 0.717) is 6.54 Å². The summed E-state index contributed by atoms with van der Waals surface area (Å²) in [4.78, 5) is 0.252. The van der Waals surface area contributed by atoms with Gasteiger partial charge in [0, 0.05) is 46.0 Å². The molecular formula is C23H22N2O2S. The van der Waals surface area contributed by atoms with Crippen molar-refractivity contribution in [1.29, 1.82) is 0 Å². The summed E-state index contributed by atoms with van der Waals surface area (Å²) in [6, 6.07) is 21.8. The van der Waals surface area contributed by atoms with E-state index in [0.717, 1.165) is 17.6 Å². The predicted octanol–water partition coefficient (Wildman–Crippen LogP) is 5.34. The fraction of sp³-hybridized carbons (Fsp3) is 0.130. The molecule has 1 N–H and O–H groups in total. The minimum atomic E-state index is -3.39. The lowest BCUT2D eigenvalue weighted by molar-refractivity contribution is 0.604. The maximum atomic E-state index is 11.8. The van der Waals surface area contributed by atoms with Gasteiger partial charge in [0.15, 0.2) is 9.84 Å². The van der Waals surface area contributed by atoms with Crippen LogP contribution in [0.2, 0.25) is 0 Å². The molecule has 1 aromatic heterocycles. The number of hydrogen-bond acceptors (Lipinski definition) is 3. The highest BCUT2D eigenvalue weighted by atomic mass is 32.2. The molecule has 0 atom stereocenters. The standard InChI is InChI=1S/C23H22N2O2S/c1-3-25-22-8-6-5-7-20(22)21-15-17(9-14-23(21)25)16-24-18-10-12-19(13-11-18)28(26,27)4-2/h4-15,24H,2-3,16H2,1H3. The molecule has 4 aromatic rings. The van der Waals surface area contributed by atoms with Gasteiger partial charge in [-0.15, -0.1) is 0 Å². The van der Waals surface area contributed by atoms with Crippen molar-refractivity contribution >= 4 is 37.3 Å². The van der Waals surface area contributed by atoms with Gasteiger partial charge < -0.3 is 9.88 Å². The molecule has 0 aliphatic rings. The van der Waals surface area contributed by atoms with Gasteiger partial charge in [-0.3, -0.25) is 0 Å². The van der Waals surface area contributed by atoms with Gasteiger partial charge in [-0.05, 0) is 55.0 Å². The summed E-state index contributed by atoms with van der Waals surface area (Å²) in [5.41, 5.74) is 4.55. The molecule has 0 unspecified atom stereocenters. The number of nitrogens with zero attached hydrogens (tertiary/aromatic N) is 1. The highest BCUT2D eigenvalue weighted by molar-refractivity contribution is 7.94. The molecule has 5 heteroatoms. The first-order valence-electron chi connectivity index (χ1n) is 9.25. The van der Waals surface area contributed by atoms with Crippen LogP contribution in [0, 0.1) is 0 Å². The minimum absolute atomic E-state index is 0.252. The topological polar surface area (TPSA) is 51.1 Å². The zero-order valence-electron chi connectivity index (χ0n) is 15.7. The van der Waals surface area contributed by atoms with Crippen molar-refractivity contribution in [2.24, 2.45) is 0 Å². The first kappa shape index (κ1) is 18.3. The zero-order valence-corrected chi connectivity index (χ0v) is 16.5. The fourth-order valence-corrected chi connectivity index (χ4v) is 4.32. The molecule has 0 spiro atoms. The predicted molar refractivity (Wildman–Crippen MR) is 116 cm³/mol. The van der Waals surface area contributed by atoms with E-state index in [1.54, 1.807) is 24.3 Å². The summed E-state index contributed by atoms with van der Waals surface area (Å²) in [6.07, 6.45) is 0. The number of anilines is 1. The summed E-state index contributed by atoms with van der Waals surface area (Å²) in [5, 5.41) is 6.85. The third kappa shape index (κ3) is 3.18. The van der Waals surface area contributed by atoms with E-state index in [4.69, 9.17) is 0 Å². The zero-order chi connectivity index (χ0) is 19.7. The first-order valence-corrected chi connectivity index (χ1v) is 10.8. The molecule has 0 aliphatic carbocycles. The Morgan fingerprint density at radius 3 is 2.39 bits per heavy atom. The Hall–Kier alpha value is -3.05. The van der Waals surface area contributed by atoms with E-state index < -0.39 is 9.84 Å². The molecule has 4 rings (SSSR count). The first-order chi connectivity index (χ1) is 13.5. The van der Waals surface area contributed by atoms with E-state index in [9.17, 15) is 8.42 Å². The number of para-hydroxylation sites is 1. The molecule has 0 bridgehead atoms. The molecule has 0 radical (unpaired) electrons. The molecule has 0 amide bonds. The summed E-state index contributed by atoms with van der Waals surface area (Å²) < 4.78 is 26.0. The quantitative estimate of drug-likeness (QED) is 0.483. The fourth-order valence-electron chi connectivity index (χ4n) is 3.61. The minimum Gasteiger partial charge on any atom is -0.381 e. The third-order valence-corrected chi connectivity index (χ3v) is 6.42. The number of rotatable bonds is 6. The Labute approximate surface area is 165 Å². The van der Waals surface area contributed by atoms with Gasteiger partial charge in [0.2, 0.25) is 0 Å². The third-order valence-electron chi connectivity index (χ3n) is 5.05. The van der Waals surface area contributed by atoms with Crippen molar-refractivity contribution in [1.82, 2.24) is 4.57 Å². The van der Waals surface area contributed by atoms with Gasteiger partial charge in [-0.2, -0.15) is 0 Å². The maximum absolute atomic E-state index is 11.8. The summed E-state index contributed by atoms with van der Waals surface area (Å²) in [5.74, 6) is 0. The van der Waals surface area contributed by atoms with E-state index in [1.165, 1.54) is 27.4 Å². The Morgan fingerprint density at radius 2 is 1.68 bits per heavy atom. The van der Waals surface area contributed by atoms with Crippen molar-refractivity contribution in [3.8, 4) is 0 Å². The second kappa shape index (κ2) is 7.17. The highest BCUT2D eigenvalue weighted by Gasteiger charge is 2.10. The van der Waals surface area contributed by atoms with Crippen molar-refractivity contribution < 1.29 is 8.42 Å².